The lowest BCUT2D eigenvalue weighted by Crippen LogP contribution is -2.67. The van der Waals surface area contributed by atoms with Crippen LogP contribution in [0.5, 0.6) is 0 Å². The van der Waals surface area contributed by atoms with E-state index < -0.39 is 31.1 Å². The van der Waals surface area contributed by atoms with Gasteiger partial charge in [-0.3, -0.25) is 8.63 Å². The molecule has 0 aliphatic heterocycles. The Labute approximate surface area is 80.6 Å². The standard InChI is InChI=1S/C4BF11/c6-1(5(15)16,3(9,10)11)2(7,8)4(12,13)14. The Kier molecular flexibility index (Phi) is 3.49. The van der Waals surface area contributed by atoms with E-state index in [0.717, 1.165) is 0 Å². The lowest BCUT2D eigenvalue weighted by atomic mass is 9.69. The lowest BCUT2D eigenvalue weighted by molar-refractivity contribution is -0.363. The Balaban J connectivity index is 5.75. The van der Waals surface area contributed by atoms with E-state index in [9.17, 15) is 48.1 Å². The summed E-state index contributed by atoms with van der Waals surface area (Å²) in [6.07, 6.45) is -14.2. The van der Waals surface area contributed by atoms with Crippen molar-refractivity contribution in [2.45, 2.75) is 23.8 Å². The van der Waals surface area contributed by atoms with Gasteiger partial charge in [-0.25, -0.2) is 4.39 Å². The number of hydrogen-bond acceptors (Lipinski definition) is 0. The molecule has 0 N–H and O–H groups in total. The SMILES string of the molecule is FB(F)C(F)(C(F)(F)F)C(F)(F)C(F)(F)F. The molecule has 0 amide bonds. The van der Waals surface area contributed by atoms with Crippen molar-refractivity contribution in [3.05, 3.63) is 0 Å². The molecule has 0 aliphatic carbocycles. The van der Waals surface area contributed by atoms with Crippen LogP contribution in [-0.2, 0) is 0 Å². The first-order chi connectivity index (χ1) is 6.69. The monoisotopic (exact) mass is 268 g/mol. The van der Waals surface area contributed by atoms with Crippen LogP contribution in [-0.4, -0.2) is 31.1 Å². The number of halogens is 11. The van der Waals surface area contributed by atoms with Crippen molar-refractivity contribution < 1.29 is 48.1 Å². The summed E-state index contributed by atoms with van der Waals surface area (Å²) in [5, 5.41) is 0. The van der Waals surface area contributed by atoms with Crippen molar-refractivity contribution in [3.63, 3.8) is 0 Å². The van der Waals surface area contributed by atoms with E-state index in [-0.39, 0.29) is 0 Å². The van der Waals surface area contributed by atoms with Gasteiger partial charge >= 0.3 is 31.1 Å². The highest BCUT2D eigenvalue weighted by molar-refractivity contribution is 6.47. The highest BCUT2D eigenvalue weighted by atomic mass is 19.4. The summed E-state index contributed by atoms with van der Waals surface area (Å²) >= 11 is 0. The van der Waals surface area contributed by atoms with Crippen LogP contribution >= 0.6 is 0 Å². The Morgan fingerprint density at radius 1 is 0.562 bits per heavy atom. The second-order valence-corrected chi connectivity index (χ2v) is 2.58. The van der Waals surface area contributed by atoms with Gasteiger partial charge in [0.1, 0.15) is 0 Å². The van der Waals surface area contributed by atoms with Gasteiger partial charge in [0.15, 0.2) is 0 Å². The van der Waals surface area contributed by atoms with E-state index in [0.29, 0.717) is 0 Å². The molecule has 16 heavy (non-hydrogen) atoms. The van der Waals surface area contributed by atoms with Crippen molar-refractivity contribution in [3.8, 4) is 0 Å². The minimum Gasteiger partial charge on any atom is -0.282 e. The maximum atomic E-state index is 12.4. The van der Waals surface area contributed by atoms with Crippen LogP contribution in [0.4, 0.5) is 48.1 Å². The molecule has 0 fully saturated rings. The number of rotatable bonds is 2. The first-order valence-electron chi connectivity index (χ1n) is 3.18. The molecule has 0 saturated heterocycles. The average molecular weight is 268 g/mol. The fourth-order valence-corrected chi connectivity index (χ4v) is 0.645. The molecular weight excluding hydrogens is 268 g/mol. The second-order valence-electron chi connectivity index (χ2n) is 2.58. The average Bonchev–Trinajstić information content (AvgIpc) is 1.97. The Morgan fingerprint density at radius 2 is 0.875 bits per heavy atom. The minimum atomic E-state index is -7.24. The van der Waals surface area contributed by atoms with Gasteiger partial charge in [0.2, 0.25) is 0 Å². The van der Waals surface area contributed by atoms with E-state index >= 15 is 0 Å². The zero-order valence-electron chi connectivity index (χ0n) is 6.73. The largest absolute Gasteiger partial charge is 0.591 e. The van der Waals surface area contributed by atoms with E-state index in [4.69, 9.17) is 0 Å². The summed E-state index contributed by atoms with van der Waals surface area (Å²) in [6, 6.07) is 0. The van der Waals surface area contributed by atoms with Crippen LogP contribution in [0.3, 0.4) is 0 Å². The summed E-state index contributed by atoms with van der Waals surface area (Å²) in [5.41, 5.74) is -6.97. The molecule has 0 rings (SSSR count). The maximum absolute atomic E-state index is 12.4. The molecule has 0 bridgehead atoms. The van der Waals surface area contributed by atoms with Gasteiger partial charge in [0, 0.05) is 0 Å². The van der Waals surface area contributed by atoms with Gasteiger partial charge in [-0.15, -0.1) is 0 Å². The van der Waals surface area contributed by atoms with Crippen LogP contribution in [0.1, 0.15) is 0 Å². The van der Waals surface area contributed by atoms with E-state index in [1.165, 1.54) is 0 Å². The van der Waals surface area contributed by atoms with Crippen LogP contribution in [0.2, 0.25) is 0 Å². The van der Waals surface area contributed by atoms with Gasteiger partial charge in [0.25, 0.3) is 0 Å². The van der Waals surface area contributed by atoms with Gasteiger partial charge < -0.3 is 0 Å². The lowest BCUT2D eigenvalue weighted by Gasteiger charge is -2.33. The highest BCUT2D eigenvalue weighted by Crippen LogP contribution is 2.54. The molecular formula is C4BF11. The quantitative estimate of drug-likeness (QED) is 0.531. The fourth-order valence-electron chi connectivity index (χ4n) is 0.645. The van der Waals surface area contributed by atoms with Gasteiger partial charge in [-0.05, 0) is 0 Å². The maximum Gasteiger partial charge on any atom is 0.591 e. The molecule has 0 radical (unpaired) electrons. The van der Waals surface area contributed by atoms with Crippen LogP contribution in [0.15, 0.2) is 0 Å². The van der Waals surface area contributed by atoms with Crippen LogP contribution in [0, 0.1) is 0 Å². The topological polar surface area (TPSA) is 0 Å². The van der Waals surface area contributed by atoms with E-state index in [1.54, 1.807) is 0 Å². The van der Waals surface area contributed by atoms with Crippen molar-refractivity contribution in [2.24, 2.45) is 0 Å². The molecule has 0 heterocycles. The predicted molar refractivity (Wildman–Crippen MR) is 28.9 cm³/mol. The van der Waals surface area contributed by atoms with E-state index in [1.807, 2.05) is 0 Å². The smallest absolute Gasteiger partial charge is 0.282 e. The molecule has 0 aromatic heterocycles. The molecule has 0 spiro atoms. The Bertz CT molecular complexity index is 250. The van der Waals surface area contributed by atoms with Crippen LogP contribution < -0.4 is 0 Å². The zero-order valence-corrected chi connectivity index (χ0v) is 6.73. The fraction of sp³-hybridized carbons (Fsp3) is 1.00. The Hall–Kier alpha value is -0.705. The molecule has 12 heteroatoms. The second kappa shape index (κ2) is 3.65. The molecule has 0 aromatic carbocycles. The molecule has 0 aliphatic rings. The van der Waals surface area contributed by atoms with Crippen molar-refractivity contribution in [1.82, 2.24) is 0 Å². The first-order valence-corrected chi connectivity index (χ1v) is 3.18. The zero-order chi connectivity index (χ0) is 13.6. The van der Waals surface area contributed by atoms with Crippen molar-refractivity contribution >= 4 is 7.27 Å². The molecule has 1 unspecified atom stereocenters. The number of hydrogen-bond donors (Lipinski definition) is 0. The first kappa shape index (κ1) is 15.3. The minimum absolute atomic E-state index is 5.58. The summed E-state index contributed by atoms with van der Waals surface area (Å²) in [6.45, 7) is 0. The summed E-state index contributed by atoms with van der Waals surface area (Å²) < 4.78 is 128. The molecule has 96 valence electrons. The molecule has 0 aromatic rings. The van der Waals surface area contributed by atoms with Gasteiger partial charge in [-0.1, -0.05) is 0 Å². The molecule has 1 atom stereocenters. The van der Waals surface area contributed by atoms with Gasteiger partial charge in [0.05, 0.1) is 0 Å². The third kappa shape index (κ3) is 1.93. The Morgan fingerprint density at radius 3 is 0.938 bits per heavy atom. The highest BCUT2D eigenvalue weighted by Gasteiger charge is 2.86. The summed E-state index contributed by atoms with van der Waals surface area (Å²) in [7, 11) is -5.58. The van der Waals surface area contributed by atoms with Crippen molar-refractivity contribution in [2.75, 3.05) is 0 Å². The van der Waals surface area contributed by atoms with Crippen LogP contribution in [0.25, 0.3) is 0 Å². The predicted octanol–water partition coefficient (Wildman–Crippen LogP) is 3.42. The third-order valence-corrected chi connectivity index (χ3v) is 1.53. The summed E-state index contributed by atoms with van der Waals surface area (Å²) in [5.74, 6) is -7.24. The van der Waals surface area contributed by atoms with E-state index in [2.05, 4.69) is 0 Å². The normalized spacial score (nSPS) is 18.2. The molecule has 0 nitrogen and oxygen atoms in total. The van der Waals surface area contributed by atoms with Crippen molar-refractivity contribution in [1.29, 1.82) is 0 Å². The molecule has 0 saturated carbocycles. The number of alkyl halides is 9. The summed E-state index contributed by atoms with van der Waals surface area (Å²) in [4.78, 5) is 0. The van der Waals surface area contributed by atoms with Gasteiger partial charge in [-0.2, -0.15) is 35.1 Å². The third-order valence-electron chi connectivity index (χ3n) is 1.53.